The van der Waals surface area contributed by atoms with Crippen molar-refractivity contribution in [3.8, 4) is 0 Å². The van der Waals surface area contributed by atoms with Crippen molar-refractivity contribution in [2.75, 3.05) is 42.2 Å². The largest absolute Gasteiger partial charge is 0.748 e. The van der Waals surface area contributed by atoms with Gasteiger partial charge in [0.2, 0.25) is 10.0 Å². The van der Waals surface area contributed by atoms with Crippen LogP contribution in [-0.2, 0) is 40.4 Å². The molecule has 2 aromatic carbocycles. The van der Waals surface area contributed by atoms with Crippen LogP contribution in [0.5, 0.6) is 0 Å². The van der Waals surface area contributed by atoms with E-state index in [0.717, 1.165) is 42.7 Å². The van der Waals surface area contributed by atoms with E-state index >= 15 is 0 Å². The molecule has 5 rings (SSSR count). The number of fused-ring (bicyclic) bond motifs is 2. The summed E-state index contributed by atoms with van der Waals surface area (Å²) in [5.41, 5.74) is 1.43. The number of halogens is 3. The van der Waals surface area contributed by atoms with Gasteiger partial charge in [-0.2, -0.15) is 17.5 Å². The Morgan fingerprint density at radius 1 is 0.977 bits per heavy atom. The number of imidazole rings is 1. The Bertz CT molecular complexity index is 1860. The van der Waals surface area contributed by atoms with Crippen LogP contribution in [0, 0.1) is 0 Å². The second-order valence-corrected chi connectivity index (χ2v) is 14.5. The van der Waals surface area contributed by atoms with Crippen LogP contribution in [-0.4, -0.2) is 62.7 Å². The Morgan fingerprint density at radius 3 is 2.34 bits per heavy atom. The zero-order chi connectivity index (χ0) is 32.0. The first kappa shape index (κ1) is 32.0. The van der Waals surface area contributed by atoms with E-state index in [-0.39, 0.29) is 23.5 Å². The predicted octanol–water partition coefficient (Wildman–Crippen LogP) is 3.94. The number of alkyl halides is 3. The van der Waals surface area contributed by atoms with E-state index in [4.69, 9.17) is 0 Å². The molecule has 3 aromatic rings. The molecular weight excluding hydrogens is 619 g/mol. The molecule has 0 amide bonds. The molecule has 44 heavy (non-hydrogen) atoms. The molecule has 3 heterocycles. The van der Waals surface area contributed by atoms with E-state index in [0.29, 0.717) is 30.1 Å². The van der Waals surface area contributed by atoms with Crippen LogP contribution >= 0.6 is 0 Å². The number of aryl methyl sites for hydroxylation is 2. The Hall–Kier alpha value is -3.40. The van der Waals surface area contributed by atoms with Gasteiger partial charge in [-0.1, -0.05) is 12.5 Å². The number of anilines is 2. The second-order valence-electron chi connectivity index (χ2n) is 11.0. The van der Waals surface area contributed by atoms with Crippen LogP contribution in [0.2, 0.25) is 0 Å². The van der Waals surface area contributed by atoms with Crippen molar-refractivity contribution in [1.29, 1.82) is 0 Å². The molecule has 15 heteroatoms. The van der Waals surface area contributed by atoms with Gasteiger partial charge in [-0.05, 0) is 55.7 Å². The minimum Gasteiger partial charge on any atom is -0.748 e. The fraction of sp³-hybridized carbons (Fsp3) is 0.414. The highest BCUT2D eigenvalue weighted by molar-refractivity contribution is 7.89. The van der Waals surface area contributed by atoms with E-state index in [1.165, 1.54) is 10.4 Å². The SMILES string of the molecule is CN1/C(=C\C=C\c2n(C)c3cc(S(=O)(=O)N4CCCCC4)ccc3[n+]2C)N(CCCS(=O)(=O)[O-])c2cc(C(F)(F)F)ccc21. The van der Waals surface area contributed by atoms with Gasteiger partial charge in [0.05, 0.1) is 46.0 Å². The molecule has 0 radical (unpaired) electrons. The summed E-state index contributed by atoms with van der Waals surface area (Å²) in [6.45, 7) is 1.02. The molecule has 2 aliphatic heterocycles. The zero-order valence-corrected chi connectivity index (χ0v) is 26.2. The minimum atomic E-state index is -4.57. The molecule has 0 aliphatic carbocycles. The fourth-order valence-corrected chi connectivity index (χ4v) is 7.87. The van der Waals surface area contributed by atoms with E-state index in [2.05, 4.69) is 0 Å². The van der Waals surface area contributed by atoms with E-state index in [1.54, 1.807) is 53.3 Å². The van der Waals surface area contributed by atoms with Gasteiger partial charge < -0.3 is 14.4 Å². The molecular formula is C29H34F3N5O5S2. The lowest BCUT2D eigenvalue weighted by atomic mass is 10.1. The maximum Gasteiger partial charge on any atom is 0.416 e. The van der Waals surface area contributed by atoms with Gasteiger partial charge in [0.1, 0.15) is 5.82 Å². The third kappa shape index (κ3) is 6.23. The van der Waals surface area contributed by atoms with Crippen LogP contribution in [0.15, 0.2) is 59.3 Å². The summed E-state index contributed by atoms with van der Waals surface area (Å²) in [5.74, 6) is 0.576. The van der Waals surface area contributed by atoms with Crippen LogP contribution in [0.4, 0.5) is 24.5 Å². The number of piperidine rings is 1. The highest BCUT2D eigenvalue weighted by Crippen LogP contribution is 2.44. The zero-order valence-electron chi connectivity index (χ0n) is 24.6. The van der Waals surface area contributed by atoms with Crippen molar-refractivity contribution >= 4 is 48.6 Å². The van der Waals surface area contributed by atoms with Crippen molar-refractivity contribution < 1.29 is 39.1 Å². The quantitative estimate of drug-likeness (QED) is 0.268. The summed E-state index contributed by atoms with van der Waals surface area (Å²) in [4.78, 5) is 3.49. The standard InChI is InChI=1S/C29H34F3N5O5S2/c1-33-23-14-12-22(44(41,42)36-15-5-4-6-16-36)20-25(23)35(3)27(33)9-7-10-28-34(2)24-13-11-21(29(30,31)32)19-26(24)37(28)17-8-18-43(38,39)40/h7,9-14,19-20H,4-6,8,15-18H2,1-3H3. The molecule has 2 aliphatic rings. The van der Waals surface area contributed by atoms with E-state index in [1.807, 2.05) is 23.2 Å². The number of hydrogen-bond donors (Lipinski definition) is 0. The fourth-order valence-electron chi connectivity index (χ4n) is 5.85. The monoisotopic (exact) mass is 653 g/mol. The van der Waals surface area contributed by atoms with Crippen molar-refractivity contribution in [2.24, 2.45) is 14.1 Å². The van der Waals surface area contributed by atoms with Crippen molar-refractivity contribution in [3.05, 3.63) is 65.8 Å². The maximum absolute atomic E-state index is 13.5. The smallest absolute Gasteiger partial charge is 0.416 e. The summed E-state index contributed by atoms with van der Waals surface area (Å²) >= 11 is 0. The minimum absolute atomic E-state index is 0.00980. The van der Waals surface area contributed by atoms with Crippen molar-refractivity contribution in [3.63, 3.8) is 0 Å². The van der Waals surface area contributed by atoms with Gasteiger partial charge in [-0.15, -0.1) is 0 Å². The molecule has 1 aromatic heterocycles. The third-order valence-corrected chi connectivity index (χ3v) is 10.8. The Morgan fingerprint density at radius 2 is 1.68 bits per heavy atom. The first-order chi connectivity index (χ1) is 20.6. The lowest BCUT2D eigenvalue weighted by molar-refractivity contribution is -0.647. The summed E-state index contributed by atoms with van der Waals surface area (Å²) in [7, 11) is -2.77. The van der Waals surface area contributed by atoms with Gasteiger partial charge in [0.25, 0.3) is 5.82 Å². The normalized spacial score (nSPS) is 17.8. The third-order valence-electron chi connectivity index (χ3n) is 8.15. The average Bonchev–Trinajstić information content (AvgIpc) is 3.37. The van der Waals surface area contributed by atoms with E-state index in [9.17, 15) is 34.6 Å². The molecule has 0 spiro atoms. The van der Waals surface area contributed by atoms with Crippen molar-refractivity contribution in [2.45, 2.75) is 36.8 Å². The Labute approximate surface area is 255 Å². The number of hydrogen-bond acceptors (Lipinski definition) is 7. The molecule has 238 valence electrons. The van der Waals surface area contributed by atoms with Gasteiger partial charge in [-0.25, -0.2) is 26.0 Å². The number of benzene rings is 2. The van der Waals surface area contributed by atoms with Gasteiger partial charge in [-0.3, -0.25) is 0 Å². The average molecular weight is 654 g/mol. The van der Waals surface area contributed by atoms with Gasteiger partial charge >= 0.3 is 6.18 Å². The molecule has 1 fully saturated rings. The molecule has 10 nitrogen and oxygen atoms in total. The van der Waals surface area contributed by atoms with Gasteiger partial charge in [0, 0.05) is 44.6 Å². The van der Waals surface area contributed by atoms with Gasteiger partial charge in [0.15, 0.2) is 11.0 Å². The van der Waals surface area contributed by atoms with E-state index < -0.39 is 37.6 Å². The summed E-state index contributed by atoms with van der Waals surface area (Å²) in [5, 5.41) is 0. The van der Waals surface area contributed by atoms with Crippen LogP contribution < -0.4 is 14.4 Å². The highest BCUT2D eigenvalue weighted by atomic mass is 32.2. The Balaban J connectivity index is 1.48. The van der Waals surface area contributed by atoms with Crippen LogP contribution in [0.3, 0.4) is 0 Å². The first-order valence-corrected chi connectivity index (χ1v) is 17.1. The van der Waals surface area contributed by atoms with Crippen LogP contribution in [0.25, 0.3) is 17.1 Å². The second kappa shape index (κ2) is 11.8. The summed E-state index contributed by atoms with van der Waals surface area (Å²) in [6.07, 6.45) is 3.26. The number of rotatable bonds is 8. The molecule has 0 bridgehead atoms. The number of allylic oxidation sites excluding steroid dienone is 2. The van der Waals surface area contributed by atoms with Crippen molar-refractivity contribution in [1.82, 2.24) is 8.87 Å². The lowest BCUT2D eigenvalue weighted by Gasteiger charge is -2.25. The topological polar surface area (TPSA) is 110 Å². The number of nitrogens with zero attached hydrogens (tertiary/aromatic N) is 5. The molecule has 0 atom stereocenters. The highest BCUT2D eigenvalue weighted by Gasteiger charge is 2.35. The molecule has 0 unspecified atom stereocenters. The lowest BCUT2D eigenvalue weighted by Crippen LogP contribution is -2.35. The first-order valence-electron chi connectivity index (χ1n) is 14.1. The summed E-state index contributed by atoms with van der Waals surface area (Å²) in [6, 6.07) is 8.42. The number of sulfonamides is 1. The summed E-state index contributed by atoms with van der Waals surface area (Å²) < 4.78 is 106. The molecule has 0 saturated carbocycles. The Kier molecular flexibility index (Phi) is 8.61. The molecule has 1 saturated heterocycles. The maximum atomic E-state index is 13.5. The number of aromatic nitrogens is 2. The predicted molar refractivity (Wildman–Crippen MR) is 160 cm³/mol. The van der Waals surface area contributed by atoms with Crippen LogP contribution in [0.1, 0.15) is 37.1 Å². The molecule has 0 N–H and O–H groups in total.